The highest BCUT2D eigenvalue weighted by Gasteiger charge is 2.10. The molecule has 0 heterocycles. The molecule has 0 fully saturated rings. The monoisotopic (exact) mass is 214 g/mol. The lowest BCUT2D eigenvalue weighted by Gasteiger charge is -2.16. The Kier molecular flexibility index (Phi) is 8.62. The Morgan fingerprint density at radius 3 is 2.27 bits per heavy atom. The van der Waals surface area contributed by atoms with Crippen LogP contribution in [0.5, 0.6) is 0 Å². The lowest BCUT2D eigenvalue weighted by atomic mass is 10.1. The smallest absolute Gasteiger partial charge is 0.146 e. The Morgan fingerprint density at radius 1 is 1.27 bits per heavy atom. The van der Waals surface area contributed by atoms with Gasteiger partial charge >= 0.3 is 0 Å². The Balaban J connectivity index is 3.56. The van der Waals surface area contributed by atoms with E-state index in [4.69, 9.17) is 0 Å². The van der Waals surface area contributed by atoms with Gasteiger partial charge in [0.25, 0.3) is 0 Å². The number of likely N-dealkylation sites (N-methyl/N-ethyl adjacent to an activating group) is 1. The zero-order valence-electron chi connectivity index (χ0n) is 10.6. The molecule has 0 saturated heterocycles. The summed E-state index contributed by atoms with van der Waals surface area (Å²) in [4.78, 5) is 11.1. The van der Waals surface area contributed by atoms with Gasteiger partial charge in [0.15, 0.2) is 0 Å². The summed E-state index contributed by atoms with van der Waals surface area (Å²) in [6.07, 6.45) is 4.35. The van der Waals surface area contributed by atoms with E-state index >= 15 is 0 Å². The number of rotatable bonds is 9. The first-order valence-electron chi connectivity index (χ1n) is 6.06. The highest BCUT2D eigenvalue weighted by molar-refractivity contribution is 5.81. The number of hydrogen-bond donors (Lipinski definition) is 2. The van der Waals surface area contributed by atoms with Crippen LogP contribution in [-0.4, -0.2) is 31.5 Å². The zero-order valence-corrected chi connectivity index (χ0v) is 10.6. The number of carbonyl (C=O) groups is 1. The van der Waals surface area contributed by atoms with Crippen molar-refractivity contribution in [3.05, 3.63) is 0 Å². The number of nitrogens with one attached hydrogen (secondary N) is 2. The Morgan fingerprint density at radius 2 is 1.87 bits per heavy atom. The molecular formula is C12H26N2O. The number of ketones is 1. The summed E-state index contributed by atoms with van der Waals surface area (Å²) in [5.41, 5.74) is 0. The van der Waals surface area contributed by atoms with Crippen LogP contribution in [0.15, 0.2) is 0 Å². The second-order valence-corrected chi connectivity index (χ2v) is 4.06. The predicted molar refractivity (Wildman–Crippen MR) is 65.1 cm³/mol. The number of carbonyl (C=O) groups excluding carboxylic acids is 1. The van der Waals surface area contributed by atoms with E-state index in [2.05, 4.69) is 24.5 Å². The molecule has 0 aromatic rings. The maximum Gasteiger partial charge on any atom is 0.146 e. The Labute approximate surface area is 94.0 Å². The minimum Gasteiger partial charge on any atom is -0.314 e. The lowest BCUT2D eigenvalue weighted by Crippen LogP contribution is -2.34. The van der Waals surface area contributed by atoms with Crippen molar-refractivity contribution in [3.8, 4) is 0 Å². The summed E-state index contributed by atoms with van der Waals surface area (Å²) < 4.78 is 0. The van der Waals surface area contributed by atoms with Crippen molar-refractivity contribution in [2.75, 3.05) is 13.6 Å². The molecule has 0 aromatic carbocycles. The van der Waals surface area contributed by atoms with Gasteiger partial charge in [-0.3, -0.25) is 4.79 Å². The third kappa shape index (κ3) is 6.63. The zero-order chi connectivity index (χ0) is 11.7. The predicted octanol–water partition coefficient (Wildman–Crippen LogP) is 1.72. The van der Waals surface area contributed by atoms with Gasteiger partial charge in [0.05, 0.1) is 6.04 Å². The molecule has 15 heavy (non-hydrogen) atoms. The molecule has 0 saturated carbocycles. The minimum absolute atomic E-state index is 0.0357. The van der Waals surface area contributed by atoms with Crippen LogP contribution in [0.4, 0.5) is 0 Å². The first kappa shape index (κ1) is 14.6. The third-order valence-electron chi connectivity index (χ3n) is 2.93. The molecule has 90 valence electrons. The molecule has 2 N–H and O–H groups in total. The topological polar surface area (TPSA) is 41.1 Å². The SMILES string of the molecule is CCC(CC)NCCCC(NC)C(C)=O. The third-order valence-corrected chi connectivity index (χ3v) is 2.93. The normalized spacial score (nSPS) is 13.1. The van der Waals surface area contributed by atoms with E-state index < -0.39 is 0 Å². The molecule has 0 radical (unpaired) electrons. The van der Waals surface area contributed by atoms with Gasteiger partial charge in [0.2, 0.25) is 0 Å². The fourth-order valence-electron chi connectivity index (χ4n) is 1.74. The quantitative estimate of drug-likeness (QED) is 0.574. The standard InChI is InChI=1S/C12H26N2O/c1-5-11(6-2)14-9-7-8-12(13-4)10(3)15/h11-14H,5-9H2,1-4H3. The van der Waals surface area contributed by atoms with Crippen molar-refractivity contribution >= 4 is 5.78 Å². The van der Waals surface area contributed by atoms with E-state index in [1.165, 1.54) is 12.8 Å². The summed E-state index contributed by atoms with van der Waals surface area (Å²) in [6.45, 7) is 7.06. The fraction of sp³-hybridized carbons (Fsp3) is 0.917. The maximum atomic E-state index is 11.1. The Bertz CT molecular complexity index is 167. The minimum atomic E-state index is 0.0357. The molecule has 3 heteroatoms. The summed E-state index contributed by atoms with van der Waals surface area (Å²) in [6, 6.07) is 0.670. The van der Waals surface area contributed by atoms with Crippen LogP contribution in [0, 0.1) is 0 Å². The molecule has 0 spiro atoms. The molecule has 0 bridgehead atoms. The van der Waals surface area contributed by atoms with E-state index in [9.17, 15) is 4.79 Å². The van der Waals surface area contributed by atoms with E-state index in [1.54, 1.807) is 6.92 Å². The molecule has 1 unspecified atom stereocenters. The molecule has 1 atom stereocenters. The summed E-state index contributed by atoms with van der Waals surface area (Å²) in [7, 11) is 1.85. The van der Waals surface area contributed by atoms with E-state index in [1.807, 2.05) is 7.05 Å². The summed E-state index contributed by atoms with van der Waals surface area (Å²) in [5.74, 6) is 0.236. The van der Waals surface area contributed by atoms with Crippen molar-refractivity contribution in [3.63, 3.8) is 0 Å². The van der Waals surface area contributed by atoms with E-state index in [0.29, 0.717) is 6.04 Å². The molecule has 0 rings (SSSR count). The maximum absolute atomic E-state index is 11.1. The van der Waals surface area contributed by atoms with Crippen LogP contribution in [0.3, 0.4) is 0 Å². The van der Waals surface area contributed by atoms with Crippen molar-refractivity contribution in [2.24, 2.45) is 0 Å². The number of hydrogen-bond acceptors (Lipinski definition) is 3. The highest BCUT2D eigenvalue weighted by Crippen LogP contribution is 2.00. The molecule has 3 nitrogen and oxygen atoms in total. The van der Waals surface area contributed by atoms with Crippen molar-refractivity contribution < 1.29 is 4.79 Å². The summed E-state index contributed by atoms with van der Waals surface area (Å²) >= 11 is 0. The largest absolute Gasteiger partial charge is 0.314 e. The van der Waals surface area contributed by atoms with Gasteiger partial charge in [-0.05, 0) is 46.2 Å². The molecule has 0 aliphatic heterocycles. The molecular weight excluding hydrogens is 188 g/mol. The van der Waals surface area contributed by atoms with Gasteiger partial charge in [0.1, 0.15) is 5.78 Å². The molecule has 0 aliphatic rings. The van der Waals surface area contributed by atoms with Gasteiger partial charge in [-0.25, -0.2) is 0 Å². The second-order valence-electron chi connectivity index (χ2n) is 4.06. The van der Waals surface area contributed by atoms with Crippen LogP contribution in [0.1, 0.15) is 46.5 Å². The van der Waals surface area contributed by atoms with Gasteiger partial charge in [0, 0.05) is 6.04 Å². The second kappa shape index (κ2) is 8.86. The van der Waals surface area contributed by atoms with Gasteiger partial charge in [-0.2, -0.15) is 0 Å². The van der Waals surface area contributed by atoms with Crippen molar-refractivity contribution in [1.29, 1.82) is 0 Å². The van der Waals surface area contributed by atoms with Crippen LogP contribution in [-0.2, 0) is 4.79 Å². The van der Waals surface area contributed by atoms with Crippen LogP contribution in [0.25, 0.3) is 0 Å². The van der Waals surface area contributed by atoms with Gasteiger partial charge < -0.3 is 10.6 Å². The first-order chi connectivity index (χ1) is 7.15. The fourth-order valence-corrected chi connectivity index (χ4v) is 1.74. The van der Waals surface area contributed by atoms with Gasteiger partial charge in [-0.1, -0.05) is 13.8 Å². The van der Waals surface area contributed by atoms with Gasteiger partial charge in [-0.15, -0.1) is 0 Å². The number of Topliss-reactive ketones (excluding diaryl/α,β-unsaturated/α-hetero) is 1. The highest BCUT2D eigenvalue weighted by atomic mass is 16.1. The summed E-state index contributed by atoms with van der Waals surface area (Å²) in [5, 5.41) is 6.54. The molecule has 0 aromatic heterocycles. The van der Waals surface area contributed by atoms with E-state index in [0.717, 1.165) is 19.4 Å². The van der Waals surface area contributed by atoms with Crippen molar-refractivity contribution in [2.45, 2.75) is 58.5 Å². The molecule has 0 aliphatic carbocycles. The average molecular weight is 214 g/mol. The van der Waals surface area contributed by atoms with Crippen molar-refractivity contribution in [1.82, 2.24) is 10.6 Å². The van der Waals surface area contributed by atoms with E-state index in [-0.39, 0.29) is 11.8 Å². The molecule has 0 amide bonds. The first-order valence-corrected chi connectivity index (χ1v) is 6.06. The van der Waals surface area contributed by atoms with Crippen LogP contribution < -0.4 is 10.6 Å². The van der Waals surface area contributed by atoms with Crippen LogP contribution >= 0.6 is 0 Å². The Hall–Kier alpha value is -0.410. The average Bonchev–Trinajstić information content (AvgIpc) is 2.23. The van der Waals surface area contributed by atoms with Crippen LogP contribution in [0.2, 0.25) is 0 Å². The lowest BCUT2D eigenvalue weighted by molar-refractivity contribution is -0.119.